The summed E-state index contributed by atoms with van der Waals surface area (Å²) in [4.78, 5) is 12.0. The van der Waals surface area contributed by atoms with Crippen molar-refractivity contribution < 1.29 is 9.53 Å². The summed E-state index contributed by atoms with van der Waals surface area (Å²) in [6.07, 6.45) is 8.68. The molecule has 1 heterocycles. The Morgan fingerprint density at radius 2 is 2.05 bits per heavy atom. The molecule has 4 heteroatoms. The van der Waals surface area contributed by atoms with Crippen molar-refractivity contribution in [3.8, 4) is 0 Å². The number of piperidine rings is 1. The standard InChI is InChI=1S/C15H28N2O2/c1-12-11-13(7-8-16-12)15(18)17-9-10-19-14-5-3-2-4-6-14/h12-14,16H,2-11H2,1H3,(H,17,18). The van der Waals surface area contributed by atoms with Crippen LogP contribution in [0.3, 0.4) is 0 Å². The molecule has 0 aromatic carbocycles. The first-order chi connectivity index (χ1) is 9.25. The number of nitrogens with one attached hydrogen (secondary N) is 2. The van der Waals surface area contributed by atoms with Crippen LogP contribution in [-0.2, 0) is 9.53 Å². The van der Waals surface area contributed by atoms with E-state index in [0.717, 1.165) is 19.4 Å². The molecule has 2 rings (SSSR count). The van der Waals surface area contributed by atoms with Crippen molar-refractivity contribution >= 4 is 5.91 Å². The van der Waals surface area contributed by atoms with Gasteiger partial charge in [0.05, 0.1) is 12.7 Å². The highest BCUT2D eigenvalue weighted by atomic mass is 16.5. The maximum atomic E-state index is 12.0. The zero-order valence-corrected chi connectivity index (χ0v) is 12.1. The van der Waals surface area contributed by atoms with Gasteiger partial charge in [0.2, 0.25) is 5.91 Å². The zero-order chi connectivity index (χ0) is 13.5. The van der Waals surface area contributed by atoms with Crippen molar-refractivity contribution in [2.45, 2.75) is 64.0 Å². The van der Waals surface area contributed by atoms with Crippen molar-refractivity contribution in [2.24, 2.45) is 5.92 Å². The summed E-state index contributed by atoms with van der Waals surface area (Å²) in [5, 5.41) is 6.39. The average Bonchev–Trinajstić information content (AvgIpc) is 2.44. The van der Waals surface area contributed by atoms with Crippen LogP contribution in [0, 0.1) is 5.92 Å². The van der Waals surface area contributed by atoms with Crippen molar-refractivity contribution in [3.63, 3.8) is 0 Å². The molecule has 4 nitrogen and oxygen atoms in total. The molecule has 0 spiro atoms. The van der Waals surface area contributed by atoms with Gasteiger partial charge in [0.25, 0.3) is 0 Å². The van der Waals surface area contributed by atoms with Crippen molar-refractivity contribution in [3.05, 3.63) is 0 Å². The van der Waals surface area contributed by atoms with E-state index in [2.05, 4.69) is 17.6 Å². The topological polar surface area (TPSA) is 50.4 Å². The molecule has 2 fully saturated rings. The highest BCUT2D eigenvalue weighted by Gasteiger charge is 2.24. The molecule has 0 radical (unpaired) electrons. The fourth-order valence-corrected chi connectivity index (χ4v) is 3.15. The van der Waals surface area contributed by atoms with Gasteiger partial charge in [0.1, 0.15) is 0 Å². The SMILES string of the molecule is CC1CC(C(=O)NCCOC2CCCCC2)CCN1. The monoisotopic (exact) mass is 268 g/mol. The lowest BCUT2D eigenvalue weighted by Gasteiger charge is -2.27. The molecule has 2 aliphatic rings. The van der Waals surface area contributed by atoms with E-state index < -0.39 is 0 Å². The fourth-order valence-electron chi connectivity index (χ4n) is 3.15. The van der Waals surface area contributed by atoms with Crippen LogP contribution in [0.15, 0.2) is 0 Å². The highest BCUT2D eigenvalue weighted by molar-refractivity contribution is 5.78. The largest absolute Gasteiger partial charge is 0.376 e. The average molecular weight is 268 g/mol. The minimum absolute atomic E-state index is 0.186. The maximum Gasteiger partial charge on any atom is 0.223 e. The van der Waals surface area contributed by atoms with Gasteiger partial charge in [-0.2, -0.15) is 0 Å². The van der Waals surface area contributed by atoms with E-state index in [-0.39, 0.29) is 11.8 Å². The summed E-state index contributed by atoms with van der Waals surface area (Å²) in [5.41, 5.74) is 0. The Bertz CT molecular complexity index is 277. The summed E-state index contributed by atoms with van der Waals surface area (Å²) >= 11 is 0. The van der Waals surface area contributed by atoms with E-state index in [4.69, 9.17) is 4.74 Å². The van der Waals surface area contributed by atoms with Crippen LogP contribution in [0.2, 0.25) is 0 Å². The molecule has 1 aliphatic heterocycles. The minimum Gasteiger partial charge on any atom is -0.376 e. The Balaban J connectivity index is 1.55. The van der Waals surface area contributed by atoms with E-state index in [1.165, 1.54) is 32.1 Å². The smallest absolute Gasteiger partial charge is 0.223 e. The number of carbonyl (C=O) groups excluding carboxylic acids is 1. The van der Waals surface area contributed by atoms with Gasteiger partial charge in [0.15, 0.2) is 0 Å². The molecule has 0 bridgehead atoms. The van der Waals surface area contributed by atoms with E-state index in [0.29, 0.717) is 25.3 Å². The second kappa shape index (κ2) is 7.85. The van der Waals surface area contributed by atoms with Gasteiger partial charge in [-0.25, -0.2) is 0 Å². The normalized spacial score (nSPS) is 29.1. The Labute approximate surface area is 116 Å². The third kappa shape index (κ3) is 5.11. The summed E-state index contributed by atoms with van der Waals surface area (Å²) in [6.45, 7) is 4.42. The Kier molecular flexibility index (Phi) is 6.11. The molecule has 0 aromatic rings. The van der Waals surface area contributed by atoms with Crippen LogP contribution >= 0.6 is 0 Å². The number of amides is 1. The molecular weight excluding hydrogens is 240 g/mol. The van der Waals surface area contributed by atoms with E-state index >= 15 is 0 Å². The lowest BCUT2D eigenvalue weighted by atomic mass is 9.92. The molecule has 19 heavy (non-hydrogen) atoms. The molecule has 2 N–H and O–H groups in total. The van der Waals surface area contributed by atoms with Gasteiger partial charge in [-0.15, -0.1) is 0 Å². The first-order valence-electron chi connectivity index (χ1n) is 7.88. The molecular formula is C15H28N2O2. The quantitative estimate of drug-likeness (QED) is 0.748. The third-order valence-corrected chi connectivity index (χ3v) is 4.30. The maximum absolute atomic E-state index is 12.0. The van der Waals surface area contributed by atoms with Crippen molar-refractivity contribution in [2.75, 3.05) is 19.7 Å². The van der Waals surface area contributed by atoms with Gasteiger partial charge in [0, 0.05) is 18.5 Å². The number of carbonyl (C=O) groups is 1. The highest BCUT2D eigenvalue weighted by Crippen LogP contribution is 2.20. The Morgan fingerprint density at radius 3 is 2.79 bits per heavy atom. The predicted molar refractivity (Wildman–Crippen MR) is 76.0 cm³/mol. The predicted octanol–water partition coefficient (Wildman–Crippen LogP) is 1.84. The van der Waals surface area contributed by atoms with Crippen LogP contribution in [0.5, 0.6) is 0 Å². The van der Waals surface area contributed by atoms with Gasteiger partial charge < -0.3 is 15.4 Å². The number of hydrogen-bond donors (Lipinski definition) is 2. The second-order valence-corrected chi connectivity index (χ2v) is 6.00. The van der Waals surface area contributed by atoms with Crippen LogP contribution in [0.4, 0.5) is 0 Å². The first kappa shape index (κ1) is 14.8. The van der Waals surface area contributed by atoms with Crippen LogP contribution in [-0.4, -0.2) is 37.7 Å². The molecule has 1 aliphatic carbocycles. The number of ether oxygens (including phenoxy) is 1. The van der Waals surface area contributed by atoms with Crippen molar-refractivity contribution in [1.29, 1.82) is 0 Å². The van der Waals surface area contributed by atoms with Gasteiger partial charge in [-0.1, -0.05) is 19.3 Å². The van der Waals surface area contributed by atoms with E-state index in [9.17, 15) is 4.79 Å². The molecule has 1 amide bonds. The summed E-state index contributed by atoms with van der Waals surface area (Å²) in [5.74, 6) is 0.395. The third-order valence-electron chi connectivity index (χ3n) is 4.30. The molecule has 2 atom stereocenters. The molecule has 2 unspecified atom stereocenters. The summed E-state index contributed by atoms with van der Waals surface area (Å²) in [7, 11) is 0. The van der Waals surface area contributed by atoms with Crippen LogP contribution in [0.25, 0.3) is 0 Å². The van der Waals surface area contributed by atoms with Crippen LogP contribution < -0.4 is 10.6 Å². The van der Waals surface area contributed by atoms with E-state index in [1.54, 1.807) is 0 Å². The van der Waals surface area contributed by atoms with Gasteiger partial charge >= 0.3 is 0 Å². The lowest BCUT2D eigenvalue weighted by Crippen LogP contribution is -2.43. The van der Waals surface area contributed by atoms with Gasteiger partial charge in [-0.05, 0) is 39.2 Å². The minimum atomic E-state index is 0.186. The summed E-state index contributed by atoms with van der Waals surface area (Å²) < 4.78 is 5.81. The van der Waals surface area contributed by atoms with E-state index in [1.807, 2.05) is 0 Å². The Morgan fingerprint density at radius 1 is 1.26 bits per heavy atom. The second-order valence-electron chi connectivity index (χ2n) is 6.00. The molecule has 1 saturated heterocycles. The first-order valence-corrected chi connectivity index (χ1v) is 7.88. The number of rotatable bonds is 5. The Hall–Kier alpha value is -0.610. The van der Waals surface area contributed by atoms with Crippen LogP contribution in [0.1, 0.15) is 51.9 Å². The molecule has 1 saturated carbocycles. The summed E-state index contributed by atoms with van der Waals surface area (Å²) in [6, 6.07) is 0.461. The molecule has 0 aromatic heterocycles. The van der Waals surface area contributed by atoms with Gasteiger partial charge in [-0.3, -0.25) is 4.79 Å². The zero-order valence-electron chi connectivity index (χ0n) is 12.1. The fraction of sp³-hybridized carbons (Fsp3) is 0.933. The van der Waals surface area contributed by atoms with Crippen molar-refractivity contribution in [1.82, 2.24) is 10.6 Å². The number of hydrogen-bond acceptors (Lipinski definition) is 3. The lowest BCUT2D eigenvalue weighted by molar-refractivity contribution is -0.126. The molecule has 110 valence electrons.